The van der Waals surface area contributed by atoms with Gasteiger partial charge >= 0.3 is 0 Å². The van der Waals surface area contributed by atoms with Crippen molar-refractivity contribution in [2.24, 2.45) is 5.10 Å². The van der Waals surface area contributed by atoms with E-state index in [1.807, 2.05) is 0 Å². The molecule has 2 aromatic carbocycles. The predicted molar refractivity (Wildman–Crippen MR) is 112 cm³/mol. The van der Waals surface area contributed by atoms with Crippen LogP contribution in [0.1, 0.15) is 6.92 Å². The van der Waals surface area contributed by atoms with Crippen molar-refractivity contribution in [1.29, 1.82) is 0 Å². The highest BCUT2D eigenvalue weighted by Gasteiger charge is 2.20. The maximum absolute atomic E-state index is 12.6. The highest BCUT2D eigenvalue weighted by atomic mass is 35.5. The topological polar surface area (TPSA) is 128 Å². The Kier molecular flexibility index (Phi) is 8.89. The lowest BCUT2D eigenvalue weighted by molar-refractivity contribution is -0.432. The monoisotopic (exact) mass is 455 g/mol. The van der Waals surface area contributed by atoms with E-state index in [9.17, 15) is 9.59 Å². The van der Waals surface area contributed by atoms with Crippen LogP contribution in [0.4, 0.5) is 11.4 Å². The number of rotatable bonds is 10. The molecule has 2 rings (SSSR count). The minimum absolute atomic E-state index is 0.255. The molecule has 0 atom stereocenters. The Labute approximate surface area is 181 Å². The summed E-state index contributed by atoms with van der Waals surface area (Å²) in [6, 6.07) is 9.47. The average molecular weight is 456 g/mol. The molecule has 0 heterocycles. The number of ether oxygens (including phenoxy) is 2. The number of halogens is 1. The van der Waals surface area contributed by atoms with Crippen LogP contribution in [0.25, 0.3) is 0 Å². The van der Waals surface area contributed by atoms with Crippen molar-refractivity contribution in [2.45, 2.75) is 11.8 Å². The first-order valence-electron chi connectivity index (χ1n) is 8.22. The van der Waals surface area contributed by atoms with Crippen molar-refractivity contribution in [3.63, 3.8) is 0 Å². The number of anilines is 2. The van der Waals surface area contributed by atoms with Crippen LogP contribution in [0.15, 0.2) is 46.4 Å². The quantitative estimate of drug-likeness (QED) is 0.161. The summed E-state index contributed by atoms with van der Waals surface area (Å²) in [6.45, 7) is 1.21. The van der Waals surface area contributed by atoms with E-state index in [-0.39, 0.29) is 17.1 Å². The number of benzene rings is 2. The average Bonchev–Trinajstić information content (AvgIpc) is 2.73. The molecule has 0 fully saturated rings. The molecule has 30 heavy (non-hydrogen) atoms. The zero-order valence-electron chi connectivity index (χ0n) is 16.1. The minimum Gasteiger partial charge on any atom is -0.495 e. The van der Waals surface area contributed by atoms with Gasteiger partial charge in [-0.15, -0.1) is 4.33 Å². The van der Waals surface area contributed by atoms with Gasteiger partial charge in [0.1, 0.15) is 11.5 Å². The molecule has 0 bridgehead atoms. The number of Topliss-reactive ketones (excluding diaryl/α,β-unsaturated/α-hetero) is 1. The van der Waals surface area contributed by atoms with E-state index in [4.69, 9.17) is 26.3 Å². The van der Waals surface area contributed by atoms with Gasteiger partial charge in [-0.1, -0.05) is 16.6 Å². The number of methoxy groups -OCH3 is 2. The molecule has 0 saturated carbocycles. The Bertz CT molecular complexity index is 938. The van der Waals surface area contributed by atoms with E-state index in [2.05, 4.69) is 25.2 Å². The lowest BCUT2D eigenvalue weighted by Gasteiger charge is -2.13. The number of nitrogens with zero attached hydrogens (tertiary/aromatic N) is 1. The Morgan fingerprint density at radius 1 is 1.10 bits per heavy atom. The van der Waals surface area contributed by atoms with Gasteiger partial charge < -0.3 is 14.8 Å². The van der Waals surface area contributed by atoms with Gasteiger partial charge in [-0.3, -0.25) is 15.0 Å². The summed E-state index contributed by atoms with van der Waals surface area (Å²) in [5, 5.41) is 18.4. The highest BCUT2D eigenvalue weighted by molar-refractivity contribution is 7.94. The van der Waals surface area contributed by atoms with Crippen LogP contribution in [-0.4, -0.2) is 36.9 Å². The van der Waals surface area contributed by atoms with Crippen LogP contribution in [-0.2, 0) is 19.0 Å². The minimum atomic E-state index is -0.752. The summed E-state index contributed by atoms with van der Waals surface area (Å²) in [7, 11) is 2.84. The Morgan fingerprint density at radius 3 is 2.33 bits per heavy atom. The van der Waals surface area contributed by atoms with Gasteiger partial charge in [0, 0.05) is 24.0 Å². The predicted octanol–water partition coefficient (Wildman–Crippen LogP) is 3.78. The first-order valence-corrected chi connectivity index (χ1v) is 9.33. The molecule has 0 spiro atoms. The van der Waals surface area contributed by atoms with Crippen molar-refractivity contribution in [2.75, 3.05) is 25.0 Å². The van der Waals surface area contributed by atoms with Gasteiger partial charge in [-0.2, -0.15) is 5.10 Å². The van der Waals surface area contributed by atoms with E-state index < -0.39 is 11.7 Å². The summed E-state index contributed by atoms with van der Waals surface area (Å²) in [6.07, 6.45) is 0. The third kappa shape index (κ3) is 6.34. The zero-order chi connectivity index (χ0) is 22.1. The summed E-state index contributed by atoms with van der Waals surface area (Å²) < 4.78 is 14.7. The number of hydrogen-bond acceptors (Lipinski definition) is 10. The van der Waals surface area contributed by atoms with Gasteiger partial charge in [-0.05, 0) is 24.3 Å². The SMILES string of the molecule is COc1cc(NC(=O)/C(=N\Nc2ccc(SOOO)cc2)C(C)=O)c(OC)cc1Cl. The summed E-state index contributed by atoms with van der Waals surface area (Å²) in [5.74, 6) is -0.702. The van der Waals surface area contributed by atoms with Crippen molar-refractivity contribution in [3.8, 4) is 11.5 Å². The molecule has 0 unspecified atom stereocenters. The number of carbonyl (C=O) groups excluding carboxylic acids is 2. The van der Waals surface area contributed by atoms with Crippen molar-refractivity contribution in [1.82, 2.24) is 0 Å². The molecule has 0 aliphatic carbocycles. The van der Waals surface area contributed by atoms with Crippen LogP contribution in [0, 0.1) is 0 Å². The van der Waals surface area contributed by atoms with Gasteiger partial charge in [0.15, 0.2) is 11.5 Å². The van der Waals surface area contributed by atoms with Crippen LogP contribution in [0.5, 0.6) is 11.5 Å². The lowest BCUT2D eigenvalue weighted by Crippen LogP contribution is -2.29. The molecule has 160 valence electrons. The number of hydrazone groups is 1. The third-order valence-corrected chi connectivity index (χ3v) is 4.47. The fourth-order valence-corrected chi connectivity index (χ4v) is 2.78. The Hall–Kier alpha value is -2.83. The summed E-state index contributed by atoms with van der Waals surface area (Å²) in [5.41, 5.74) is 3.03. The van der Waals surface area contributed by atoms with Crippen molar-refractivity contribution in [3.05, 3.63) is 41.4 Å². The molecule has 3 N–H and O–H groups in total. The van der Waals surface area contributed by atoms with E-state index in [0.29, 0.717) is 21.4 Å². The molecular weight excluding hydrogens is 438 g/mol. The third-order valence-electron chi connectivity index (χ3n) is 3.58. The standard InChI is InChI=1S/C18H18ClN3O7S/c1-10(23)17(22-21-11-4-6-12(7-5-11)30-29-28-25)18(24)20-14-9-15(26-2)13(19)8-16(14)27-3/h4-9,21,25H,1-3H3,(H,20,24)/b22-17-. The number of hydrogen-bond donors (Lipinski definition) is 3. The maximum Gasteiger partial charge on any atom is 0.279 e. The van der Waals surface area contributed by atoms with Crippen LogP contribution < -0.4 is 20.2 Å². The largest absolute Gasteiger partial charge is 0.495 e. The highest BCUT2D eigenvalue weighted by Crippen LogP contribution is 2.35. The number of amides is 1. The van der Waals surface area contributed by atoms with Crippen molar-refractivity contribution < 1.29 is 33.7 Å². The molecule has 12 heteroatoms. The normalized spacial score (nSPS) is 11.0. The maximum atomic E-state index is 12.6. The van der Waals surface area contributed by atoms with Gasteiger partial charge in [0.2, 0.25) is 0 Å². The summed E-state index contributed by atoms with van der Waals surface area (Å²) in [4.78, 5) is 25.2. The second-order valence-corrected chi connectivity index (χ2v) is 6.70. The molecule has 0 aromatic heterocycles. The smallest absolute Gasteiger partial charge is 0.279 e. The molecular formula is C18H18ClN3O7S. The second-order valence-electron chi connectivity index (χ2n) is 5.52. The second kappa shape index (κ2) is 11.4. The van der Waals surface area contributed by atoms with Gasteiger partial charge in [0.05, 0.1) is 42.7 Å². The Morgan fingerprint density at radius 2 is 1.77 bits per heavy atom. The first kappa shape index (κ1) is 23.4. The number of carbonyl (C=O) groups is 2. The van der Waals surface area contributed by atoms with Crippen LogP contribution in [0.2, 0.25) is 5.02 Å². The fourth-order valence-electron chi connectivity index (χ4n) is 2.19. The van der Waals surface area contributed by atoms with E-state index in [0.717, 1.165) is 12.0 Å². The molecule has 0 saturated heterocycles. The first-order chi connectivity index (χ1) is 14.4. The molecule has 0 aliphatic rings. The van der Waals surface area contributed by atoms with E-state index in [1.54, 1.807) is 24.3 Å². The van der Waals surface area contributed by atoms with Crippen LogP contribution >= 0.6 is 23.6 Å². The van der Waals surface area contributed by atoms with Gasteiger partial charge in [0.25, 0.3) is 5.91 Å². The molecule has 0 radical (unpaired) electrons. The molecule has 2 aromatic rings. The van der Waals surface area contributed by atoms with Gasteiger partial charge in [-0.25, -0.2) is 5.26 Å². The fraction of sp³-hybridized carbons (Fsp3) is 0.167. The van der Waals surface area contributed by atoms with E-state index in [1.165, 1.54) is 33.3 Å². The van der Waals surface area contributed by atoms with Crippen molar-refractivity contribution >= 4 is 52.4 Å². The van der Waals surface area contributed by atoms with Crippen LogP contribution in [0.3, 0.4) is 0 Å². The Balaban J connectivity index is 2.18. The molecule has 1 amide bonds. The molecule has 0 aliphatic heterocycles. The number of nitrogens with one attached hydrogen (secondary N) is 2. The zero-order valence-corrected chi connectivity index (χ0v) is 17.7. The summed E-state index contributed by atoms with van der Waals surface area (Å²) >= 11 is 6.84. The number of ketones is 1. The lowest BCUT2D eigenvalue weighted by atomic mass is 10.2. The van der Waals surface area contributed by atoms with E-state index >= 15 is 0 Å². The molecule has 10 nitrogen and oxygen atoms in total.